The summed E-state index contributed by atoms with van der Waals surface area (Å²) in [5.74, 6) is -0.288. The van der Waals surface area contributed by atoms with E-state index in [1.807, 2.05) is 37.3 Å². The molecule has 118 valence electrons. The van der Waals surface area contributed by atoms with Crippen LogP contribution in [0.4, 0.5) is 11.7 Å². The van der Waals surface area contributed by atoms with Gasteiger partial charge >= 0.3 is 6.01 Å². The van der Waals surface area contributed by atoms with Crippen molar-refractivity contribution < 1.29 is 12.8 Å². The van der Waals surface area contributed by atoms with Gasteiger partial charge in [0.1, 0.15) is 5.75 Å². The van der Waals surface area contributed by atoms with Crippen LogP contribution in [0.2, 0.25) is 0 Å². The first-order valence-corrected chi connectivity index (χ1v) is 8.62. The van der Waals surface area contributed by atoms with Gasteiger partial charge in [0.2, 0.25) is 5.89 Å². The van der Waals surface area contributed by atoms with E-state index in [0.717, 1.165) is 11.3 Å². The van der Waals surface area contributed by atoms with Gasteiger partial charge in [0.25, 0.3) is 0 Å². The van der Waals surface area contributed by atoms with Crippen LogP contribution < -0.4 is 5.32 Å². The number of hydrogen-bond donors (Lipinski definition) is 1. The Kier molecular flexibility index (Phi) is 4.12. The average molecular weight is 329 g/mol. The van der Waals surface area contributed by atoms with Crippen molar-refractivity contribution in [2.45, 2.75) is 17.6 Å². The van der Waals surface area contributed by atoms with Crippen molar-refractivity contribution in [2.24, 2.45) is 0 Å². The summed E-state index contributed by atoms with van der Waals surface area (Å²) in [5.41, 5.74) is 1.78. The van der Waals surface area contributed by atoms with Gasteiger partial charge in [-0.25, -0.2) is 8.42 Å². The molecule has 2 aromatic carbocycles. The number of sulfone groups is 1. The largest absolute Gasteiger partial charge is 0.407 e. The third kappa shape index (κ3) is 3.75. The first-order valence-electron chi connectivity index (χ1n) is 6.97. The molecule has 0 atom stereocenters. The van der Waals surface area contributed by atoms with Crippen molar-refractivity contribution in [3.05, 3.63) is 66.1 Å². The molecule has 1 aromatic heterocycles. The highest BCUT2D eigenvalue weighted by atomic mass is 32.2. The van der Waals surface area contributed by atoms with Gasteiger partial charge in [-0.15, -0.1) is 5.10 Å². The first kappa shape index (κ1) is 15.2. The van der Waals surface area contributed by atoms with Gasteiger partial charge < -0.3 is 9.73 Å². The molecule has 23 heavy (non-hydrogen) atoms. The Morgan fingerprint density at radius 1 is 1.00 bits per heavy atom. The molecule has 0 radical (unpaired) electrons. The fourth-order valence-electron chi connectivity index (χ4n) is 2.00. The molecule has 0 spiro atoms. The molecule has 0 saturated carbocycles. The number of anilines is 2. The van der Waals surface area contributed by atoms with Crippen LogP contribution in [0, 0.1) is 6.92 Å². The fourth-order valence-corrected chi connectivity index (χ4v) is 3.16. The van der Waals surface area contributed by atoms with Gasteiger partial charge in [-0.3, -0.25) is 0 Å². The highest BCUT2D eigenvalue weighted by Gasteiger charge is 2.19. The van der Waals surface area contributed by atoms with E-state index in [0.29, 0.717) is 0 Å². The number of nitrogens with one attached hydrogen (secondary N) is 1. The smallest absolute Gasteiger partial charge is 0.320 e. The van der Waals surface area contributed by atoms with Gasteiger partial charge in [-0.2, -0.15) is 0 Å². The van der Waals surface area contributed by atoms with Crippen LogP contribution in [-0.2, 0) is 15.6 Å². The minimum Gasteiger partial charge on any atom is -0.407 e. The first-order chi connectivity index (χ1) is 11.0. The molecule has 0 fully saturated rings. The molecule has 0 aliphatic carbocycles. The quantitative estimate of drug-likeness (QED) is 0.774. The molecular weight excluding hydrogens is 314 g/mol. The van der Waals surface area contributed by atoms with Crippen molar-refractivity contribution in [2.75, 3.05) is 5.32 Å². The van der Waals surface area contributed by atoms with Gasteiger partial charge in [-0.1, -0.05) is 41.0 Å². The number of nitrogens with zero attached hydrogens (tertiary/aromatic N) is 2. The lowest BCUT2D eigenvalue weighted by atomic mass is 10.2. The van der Waals surface area contributed by atoms with Crippen LogP contribution in [0.15, 0.2) is 63.9 Å². The lowest BCUT2D eigenvalue weighted by Crippen LogP contribution is -2.05. The molecule has 0 aliphatic heterocycles. The SMILES string of the molecule is Cc1ccc(S(=O)(=O)Cc2nnc(Nc3ccccc3)o2)cc1. The maximum Gasteiger partial charge on any atom is 0.320 e. The summed E-state index contributed by atoms with van der Waals surface area (Å²) in [6, 6.07) is 16.1. The van der Waals surface area contributed by atoms with Gasteiger partial charge in [-0.05, 0) is 31.2 Å². The van der Waals surface area contributed by atoms with E-state index in [2.05, 4.69) is 15.5 Å². The third-order valence-corrected chi connectivity index (χ3v) is 4.80. The molecule has 0 saturated heterocycles. The lowest BCUT2D eigenvalue weighted by molar-refractivity contribution is 0.520. The molecule has 7 heteroatoms. The maximum absolute atomic E-state index is 12.3. The van der Waals surface area contributed by atoms with Crippen LogP contribution in [0.3, 0.4) is 0 Å². The van der Waals surface area contributed by atoms with Crippen molar-refractivity contribution in [3.63, 3.8) is 0 Å². The molecule has 0 bridgehead atoms. The number of para-hydroxylation sites is 1. The molecule has 3 rings (SSSR count). The fraction of sp³-hybridized carbons (Fsp3) is 0.125. The summed E-state index contributed by atoms with van der Waals surface area (Å²) >= 11 is 0. The molecule has 0 amide bonds. The zero-order valence-electron chi connectivity index (χ0n) is 12.4. The summed E-state index contributed by atoms with van der Waals surface area (Å²) in [5, 5.41) is 10.5. The molecule has 1 N–H and O–H groups in total. The number of rotatable bonds is 5. The predicted molar refractivity (Wildman–Crippen MR) is 86.1 cm³/mol. The van der Waals surface area contributed by atoms with E-state index in [1.54, 1.807) is 24.3 Å². The maximum atomic E-state index is 12.3. The highest BCUT2D eigenvalue weighted by molar-refractivity contribution is 7.90. The summed E-state index contributed by atoms with van der Waals surface area (Å²) in [6.07, 6.45) is 0. The molecule has 0 aliphatic rings. The zero-order chi connectivity index (χ0) is 16.3. The van der Waals surface area contributed by atoms with Crippen LogP contribution in [0.1, 0.15) is 11.5 Å². The molecule has 1 heterocycles. The van der Waals surface area contributed by atoms with E-state index in [4.69, 9.17) is 4.42 Å². The zero-order valence-corrected chi connectivity index (χ0v) is 13.2. The van der Waals surface area contributed by atoms with Crippen LogP contribution in [0.25, 0.3) is 0 Å². The molecule has 0 unspecified atom stereocenters. The Morgan fingerprint density at radius 2 is 1.70 bits per heavy atom. The van der Waals surface area contributed by atoms with Gasteiger partial charge in [0, 0.05) is 5.69 Å². The summed E-state index contributed by atoms with van der Waals surface area (Å²) in [4.78, 5) is 0.235. The minimum absolute atomic E-state index is 0.0454. The summed E-state index contributed by atoms with van der Waals surface area (Å²) < 4.78 is 30.0. The number of aromatic nitrogens is 2. The van der Waals surface area contributed by atoms with Gasteiger partial charge in [0.15, 0.2) is 9.84 Å². The van der Waals surface area contributed by atoms with Crippen LogP contribution >= 0.6 is 0 Å². The molecule has 6 nitrogen and oxygen atoms in total. The highest BCUT2D eigenvalue weighted by Crippen LogP contribution is 2.19. The van der Waals surface area contributed by atoms with Crippen molar-refractivity contribution in [1.82, 2.24) is 10.2 Å². The average Bonchev–Trinajstić information content (AvgIpc) is 2.95. The predicted octanol–water partition coefficient (Wildman–Crippen LogP) is 3.10. The topological polar surface area (TPSA) is 85.1 Å². The van der Waals surface area contributed by atoms with Crippen molar-refractivity contribution in [1.29, 1.82) is 0 Å². The summed E-state index contributed by atoms with van der Waals surface area (Å²) in [7, 11) is -3.51. The summed E-state index contributed by atoms with van der Waals surface area (Å²) in [6.45, 7) is 1.90. The monoisotopic (exact) mass is 329 g/mol. The van der Waals surface area contributed by atoms with E-state index in [1.165, 1.54) is 0 Å². The molecule has 3 aromatic rings. The normalized spacial score (nSPS) is 11.3. The second kappa shape index (κ2) is 6.21. The Labute approximate surface area is 134 Å². The lowest BCUT2D eigenvalue weighted by Gasteiger charge is -2.02. The van der Waals surface area contributed by atoms with E-state index in [9.17, 15) is 8.42 Å². The van der Waals surface area contributed by atoms with E-state index < -0.39 is 9.84 Å². The number of hydrogen-bond acceptors (Lipinski definition) is 6. The Hall–Kier alpha value is -2.67. The van der Waals surface area contributed by atoms with Gasteiger partial charge in [0.05, 0.1) is 4.90 Å². The second-order valence-corrected chi connectivity index (χ2v) is 7.05. The Bertz CT molecular complexity index is 888. The number of aryl methyl sites for hydroxylation is 1. The van der Waals surface area contributed by atoms with Crippen molar-refractivity contribution >= 4 is 21.5 Å². The standard InChI is InChI=1S/C16H15N3O3S/c1-12-7-9-14(10-8-12)23(20,21)11-15-18-19-16(22-15)17-13-5-3-2-4-6-13/h2-10H,11H2,1H3,(H,17,19). The Morgan fingerprint density at radius 3 is 2.39 bits per heavy atom. The molecular formula is C16H15N3O3S. The number of benzene rings is 2. The second-order valence-electron chi connectivity index (χ2n) is 5.06. The third-order valence-electron chi connectivity index (χ3n) is 3.19. The van der Waals surface area contributed by atoms with Crippen LogP contribution in [0.5, 0.6) is 0 Å². The van der Waals surface area contributed by atoms with E-state index in [-0.39, 0.29) is 22.6 Å². The van der Waals surface area contributed by atoms with E-state index >= 15 is 0 Å². The minimum atomic E-state index is -3.51. The Balaban J connectivity index is 1.74. The van der Waals surface area contributed by atoms with Crippen LogP contribution in [-0.4, -0.2) is 18.6 Å². The van der Waals surface area contributed by atoms with Crippen molar-refractivity contribution in [3.8, 4) is 0 Å².